The third-order valence-corrected chi connectivity index (χ3v) is 1.92. The first-order chi connectivity index (χ1) is 6.49. The van der Waals surface area contributed by atoms with Crippen LogP contribution in [0.15, 0.2) is 6.07 Å². The van der Waals surface area contributed by atoms with E-state index in [0.717, 1.165) is 6.92 Å². The van der Waals surface area contributed by atoms with Gasteiger partial charge < -0.3 is 4.74 Å². The number of Topliss-reactive ketones (excluding diaryl/α,β-unsaturated/α-hetero) is 1. The molecular formula is C10H10F2O2. The van der Waals surface area contributed by atoms with Crippen molar-refractivity contribution in [3.05, 3.63) is 28.8 Å². The molecule has 0 heterocycles. The average Bonchev–Trinajstić information content (AvgIpc) is 2.11. The van der Waals surface area contributed by atoms with E-state index < -0.39 is 23.0 Å². The Hall–Kier alpha value is -1.45. The van der Waals surface area contributed by atoms with Crippen LogP contribution in [0.5, 0.6) is 5.75 Å². The molecule has 2 nitrogen and oxygen atoms in total. The van der Waals surface area contributed by atoms with Gasteiger partial charge in [-0.05, 0) is 25.5 Å². The SMILES string of the molecule is COc1cc(C)c(F)c(C(C)=O)c1F. The smallest absolute Gasteiger partial charge is 0.178 e. The van der Waals surface area contributed by atoms with Crippen LogP contribution in [0.25, 0.3) is 0 Å². The molecule has 1 aromatic carbocycles. The molecule has 0 aromatic heterocycles. The van der Waals surface area contributed by atoms with Gasteiger partial charge in [-0.15, -0.1) is 0 Å². The summed E-state index contributed by atoms with van der Waals surface area (Å²) in [5.74, 6) is -2.53. The summed E-state index contributed by atoms with van der Waals surface area (Å²) in [5, 5.41) is 0. The van der Waals surface area contributed by atoms with Crippen molar-refractivity contribution < 1.29 is 18.3 Å². The minimum absolute atomic E-state index is 0.117. The molecule has 1 aromatic rings. The molecule has 76 valence electrons. The number of halogens is 2. The number of rotatable bonds is 2. The Kier molecular flexibility index (Phi) is 2.84. The van der Waals surface area contributed by atoms with Crippen molar-refractivity contribution in [3.8, 4) is 5.75 Å². The van der Waals surface area contributed by atoms with Crippen LogP contribution in [0.2, 0.25) is 0 Å². The van der Waals surface area contributed by atoms with Crippen molar-refractivity contribution in [1.82, 2.24) is 0 Å². The second kappa shape index (κ2) is 3.74. The Bertz CT molecular complexity index is 386. The van der Waals surface area contributed by atoms with Crippen molar-refractivity contribution >= 4 is 5.78 Å². The highest BCUT2D eigenvalue weighted by Crippen LogP contribution is 2.26. The van der Waals surface area contributed by atoms with Crippen LogP contribution in [0.4, 0.5) is 8.78 Å². The maximum atomic E-state index is 13.4. The van der Waals surface area contributed by atoms with E-state index in [1.807, 2.05) is 0 Å². The van der Waals surface area contributed by atoms with Gasteiger partial charge >= 0.3 is 0 Å². The molecule has 0 aliphatic rings. The van der Waals surface area contributed by atoms with E-state index in [4.69, 9.17) is 0 Å². The average molecular weight is 200 g/mol. The largest absolute Gasteiger partial charge is 0.494 e. The molecule has 4 heteroatoms. The van der Waals surface area contributed by atoms with Gasteiger partial charge in [0.2, 0.25) is 0 Å². The van der Waals surface area contributed by atoms with E-state index in [0.29, 0.717) is 0 Å². The molecule has 0 saturated heterocycles. The summed E-state index contributed by atoms with van der Waals surface area (Å²) in [6.45, 7) is 2.56. The van der Waals surface area contributed by atoms with Crippen molar-refractivity contribution in [2.45, 2.75) is 13.8 Å². The zero-order valence-electron chi connectivity index (χ0n) is 8.15. The van der Waals surface area contributed by atoms with Gasteiger partial charge in [-0.3, -0.25) is 4.79 Å². The molecule has 0 fully saturated rings. The molecule has 14 heavy (non-hydrogen) atoms. The summed E-state index contributed by atoms with van der Waals surface area (Å²) in [4.78, 5) is 11.0. The number of hydrogen-bond donors (Lipinski definition) is 0. The summed E-state index contributed by atoms with van der Waals surface area (Å²) in [6, 6.07) is 1.22. The normalized spacial score (nSPS) is 10.1. The maximum absolute atomic E-state index is 13.4. The number of carbonyl (C=O) groups excluding carboxylic acids is 1. The zero-order valence-corrected chi connectivity index (χ0v) is 8.15. The molecule has 0 radical (unpaired) electrons. The highest BCUT2D eigenvalue weighted by atomic mass is 19.1. The van der Waals surface area contributed by atoms with E-state index in [1.54, 1.807) is 0 Å². The molecule has 0 atom stereocenters. The summed E-state index contributed by atoms with van der Waals surface area (Å²) in [7, 11) is 1.26. The number of carbonyl (C=O) groups is 1. The molecule has 1 rings (SSSR count). The lowest BCUT2D eigenvalue weighted by molar-refractivity contribution is 0.100. The Labute approximate surface area is 80.5 Å². The summed E-state index contributed by atoms with van der Waals surface area (Å²) < 4.78 is 31.4. The van der Waals surface area contributed by atoms with Crippen LogP contribution >= 0.6 is 0 Å². The predicted molar refractivity (Wildman–Crippen MR) is 47.7 cm³/mol. The topological polar surface area (TPSA) is 26.3 Å². The van der Waals surface area contributed by atoms with Crippen LogP contribution in [-0.2, 0) is 0 Å². The quantitative estimate of drug-likeness (QED) is 0.685. The first-order valence-electron chi connectivity index (χ1n) is 4.02. The molecule has 0 aliphatic carbocycles. The fraction of sp³-hybridized carbons (Fsp3) is 0.300. The Morgan fingerprint density at radius 2 is 1.93 bits per heavy atom. The minimum Gasteiger partial charge on any atom is -0.494 e. The van der Waals surface area contributed by atoms with E-state index in [9.17, 15) is 13.6 Å². The zero-order chi connectivity index (χ0) is 10.9. The second-order valence-electron chi connectivity index (χ2n) is 2.95. The van der Waals surface area contributed by atoms with Crippen LogP contribution in [0, 0.1) is 18.6 Å². The van der Waals surface area contributed by atoms with Crippen LogP contribution < -0.4 is 4.74 Å². The first-order valence-corrected chi connectivity index (χ1v) is 4.02. The highest BCUT2D eigenvalue weighted by molar-refractivity contribution is 5.95. The number of aryl methyl sites for hydroxylation is 1. The Balaban J connectivity index is 3.53. The molecule has 0 amide bonds. The van der Waals surface area contributed by atoms with Gasteiger partial charge in [-0.1, -0.05) is 0 Å². The minimum atomic E-state index is -0.942. The Morgan fingerprint density at radius 3 is 2.36 bits per heavy atom. The molecule has 0 N–H and O–H groups in total. The third kappa shape index (κ3) is 1.60. The molecule has 0 saturated carbocycles. The lowest BCUT2D eigenvalue weighted by Crippen LogP contribution is -2.05. The van der Waals surface area contributed by atoms with Gasteiger partial charge in [0.1, 0.15) is 5.82 Å². The molecular weight excluding hydrogens is 190 g/mol. The fourth-order valence-corrected chi connectivity index (χ4v) is 1.20. The van der Waals surface area contributed by atoms with Crippen LogP contribution in [0.3, 0.4) is 0 Å². The number of hydrogen-bond acceptors (Lipinski definition) is 2. The van der Waals surface area contributed by atoms with Crippen LogP contribution in [0.1, 0.15) is 22.8 Å². The lowest BCUT2D eigenvalue weighted by atomic mass is 10.1. The fourth-order valence-electron chi connectivity index (χ4n) is 1.20. The predicted octanol–water partition coefficient (Wildman–Crippen LogP) is 2.48. The molecule has 0 aliphatic heterocycles. The van der Waals surface area contributed by atoms with Gasteiger partial charge in [-0.25, -0.2) is 8.78 Å². The number of benzene rings is 1. The van der Waals surface area contributed by atoms with Crippen molar-refractivity contribution in [2.75, 3.05) is 7.11 Å². The second-order valence-corrected chi connectivity index (χ2v) is 2.95. The lowest BCUT2D eigenvalue weighted by Gasteiger charge is -2.08. The number of methoxy groups -OCH3 is 1. The number of ketones is 1. The van der Waals surface area contributed by atoms with E-state index in [-0.39, 0.29) is 11.3 Å². The van der Waals surface area contributed by atoms with E-state index in [1.165, 1.54) is 20.1 Å². The molecule has 0 bridgehead atoms. The van der Waals surface area contributed by atoms with Gasteiger partial charge in [0.15, 0.2) is 17.3 Å². The third-order valence-electron chi connectivity index (χ3n) is 1.92. The number of ether oxygens (including phenoxy) is 1. The van der Waals surface area contributed by atoms with Gasteiger partial charge in [0.05, 0.1) is 12.7 Å². The van der Waals surface area contributed by atoms with E-state index in [2.05, 4.69) is 4.74 Å². The highest BCUT2D eigenvalue weighted by Gasteiger charge is 2.20. The summed E-state index contributed by atoms with van der Waals surface area (Å²) >= 11 is 0. The summed E-state index contributed by atoms with van der Waals surface area (Å²) in [5.41, 5.74) is -0.352. The van der Waals surface area contributed by atoms with Gasteiger partial charge in [-0.2, -0.15) is 0 Å². The maximum Gasteiger partial charge on any atom is 0.178 e. The van der Waals surface area contributed by atoms with Crippen molar-refractivity contribution in [2.24, 2.45) is 0 Å². The van der Waals surface area contributed by atoms with E-state index >= 15 is 0 Å². The van der Waals surface area contributed by atoms with Crippen LogP contribution in [-0.4, -0.2) is 12.9 Å². The standard InChI is InChI=1S/C10H10F2O2/c1-5-4-7(14-3)10(12)8(6(2)13)9(5)11/h4H,1-3H3. The first kappa shape index (κ1) is 10.6. The van der Waals surface area contributed by atoms with Crippen molar-refractivity contribution in [1.29, 1.82) is 0 Å². The molecule has 0 unspecified atom stereocenters. The van der Waals surface area contributed by atoms with Gasteiger partial charge in [0, 0.05) is 0 Å². The summed E-state index contributed by atoms with van der Waals surface area (Å²) in [6.07, 6.45) is 0. The monoisotopic (exact) mass is 200 g/mol. The Morgan fingerprint density at radius 1 is 1.36 bits per heavy atom. The molecule has 0 spiro atoms. The van der Waals surface area contributed by atoms with Crippen molar-refractivity contribution in [3.63, 3.8) is 0 Å². The van der Waals surface area contributed by atoms with Gasteiger partial charge in [0.25, 0.3) is 0 Å².